The third-order valence-corrected chi connectivity index (χ3v) is 5.13. The smallest absolute Gasteiger partial charge is 0.111 e. The number of aromatic nitrogens is 3. The summed E-state index contributed by atoms with van der Waals surface area (Å²) < 4.78 is 2.34. The van der Waals surface area contributed by atoms with Crippen LogP contribution in [0.15, 0.2) is 60.6 Å². The molecular weight excluding hydrogens is 322 g/mol. The van der Waals surface area contributed by atoms with E-state index in [-0.39, 0.29) is 0 Å². The number of fused-ring (bicyclic) bond motifs is 3. The number of hydrogen-bond acceptors (Lipinski definition) is 4. The van der Waals surface area contributed by atoms with Gasteiger partial charge in [0.25, 0.3) is 0 Å². The Balaban J connectivity index is 1.49. The Labute approximate surface area is 151 Å². The second-order valence-electron chi connectivity index (χ2n) is 6.64. The van der Waals surface area contributed by atoms with Crippen molar-refractivity contribution in [1.29, 1.82) is 5.26 Å². The van der Waals surface area contributed by atoms with Crippen molar-refractivity contribution >= 4 is 11.0 Å². The molecule has 5 rings (SSSR count). The molecule has 3 aromatic rings. The largest absolute Gasteiger partial charge is 0.369 e. The van der Waals surface area contributed by atoms with Crippen LogP contribution in [0.3, 0.4) is 0 Å². The van der Waals surface area contributed by atoms with Crippen molar-refractivity contribution < 1.29 is 0 Å². The maximum atomic E-state index is 9.08. The number of rotatable bonds is 2. The summed E-state index contributed by atoms with van der Waals surface area (Å²) in [7, 11) is 0. The molecule has 2 aromatic heterocycles. The van der Waals surface area contributed by atoms with Gasteiger partial charge in [0, 0.05) is 49.7 Å². The molecule has 0 amide bonds. The highest BCUT2D eigenvalue weighted by molar-refractivity contribution is 5.82. The number of pyridine rings is 1. The fraction of sp³-hybridized carbons (Fsp3) is 0.190. The summed E-state index contributed by atoms with van der Waals surface area (Å²) in [5.74, 6) is 1.15. The minimum atomic E-state index is 0.572. The van der Waals surface area contributed by atoms with Gasteiger partial charge in [-0.3, -0.25) is 4.98 Å². The predicted molar refractivity (Wildman–Crippen MR) is 100 cm³/mol. The molecule has 1 aliphatic carbocycles. The number of nitriles is 1. The Morgan fingerprint density at radius 3 is 2.77 bits per heavy atom. The quantitative estimate of drug-likeness (QED) is 0.719. The molecule has 1 aliphatic heterocycles. The lowest BCUT2D eigenvalue weighted by atomic mass is 10.1. The summed E-state index contributed by atoms with van der Waals surface area (Å²) >= 11 is 0. The summed E-state index contributed by atoms with van der Waals surface area (Å²) in [6, 6.07) is 10.3. The van der Waals surface area contributed by atoms with Gasteiger partial charge in [-0.15, -0.1) is 0 Å². The van der Waals surface area contributed by atoms with Gasteiger partial charge in [0.05, 0.1) is 16.6 Å². The van der Waals surface area contributed by atoms with Gasteiger partial charge in [0.2, 0.25) is 0 Å². The Hall–Kier alpha value is -3.39. The fourth-order valence-electron chi connectivity index (χ4n) is 3.68. The molecule has 126 valence electrons. The third-order valence-electron chi connectivity index (χ3n) is 5.13. The normalized spacial score (nSPS) is 15.8. The van der Waals surface area contributed by atoms with Crippen molar-refractivity contribution in [2.45, 2.75) is 13.0 Å². The first-order valence-electron chi connectivity index (χ1n) is 8.80. The molecule has 0 fully saturated rings. The van der Waals surface area contributed by atoms with Crippen molar-refractivity contribution in [3.05, 3.63) is 72.0 Å². The van der Waals surface area contributed by atoms with E-state index in [1.165, 1.54) is 11.2 Å². The van der Waals surface area contributed by atoms with Gasteiger partial charge < -0.3 is 9.47 Å². The van der Waals surface area contributed by atoms with Crippen LogP contribution < -0.4 is 0 Å². The van der Waals surface area contributed by atoms with Crippen LogP contribution in [0.5, 0.6) is 0 Å². The highest BCUT2D eigenvalue weighted by Crippen LogP contribution is 2.27. The van der Waals surface area contributed by atoms with E-state index < -0.39 is 0 Å². The van der Waals surface area contributed by atoms with Crippen molar-refractivity contribution in [1.82, 2.24) is 19.4 Å². The van der Waals surface area contributed by atoms with Crippen LogP contribution in [0, 0.1) is 11.3 Å². The average Bonchev–Trinajstić information content (AvgIpc) is 2.86. The molecule has 5 heteroatoms. The summed E-state index contributed by atoms with van der Waals surface area (Å²) in [5, 5.41) is 9.08. The molecule has 2 aliphatic rings. The van der Waals surface area contributed by atoms with Crippen LogP contribution in [0.4, 0.5) is 0 Å². The van der Waals surface area contributed by atoms with Gasteiger partial charge in [-0.2, -0.15) is 5.26 Å². The standard InChI is InChI=1S/C21H17N5/c22-12-15-10-17(14-23-13-15)16-4-5-20-19(11-16)24-21-6-7-25(8-9-26(20)21)18-2-1-3-18/h1-5,10-11,13-14H,6-9H2. The summed E-state index contributed by atoms with van der Waals surface area (Å²) in [4.78, 5) is 11.5. The van der Waals surface area contributed by atoms with E-state index in [0.717, 1.165) is 48.5 Å². The second-order valence-corrected chi connectivity index (χ2v) is 6.64. The molecule has 5 nitrogen and oxygen atoms in total. The Morgan fingerprint density at radius 1 is 1.04 bits per heavy atom. The lowest BCUT2D eigenvalue weighted by Crippen LogP contribution is -2.26. The third kappa shape index (κ3) is 2.39. The summed E-state index contributed by atoms with van der Waals surface area (Å²) in [6.45, 7) is 2.95. The van der Waals surface area contributed by atoms with Crippen LogP contribution >= 0.6 is 0 Å². The average molecular weight is 339 g/mol. The molecule has 26 heavy (non-hydrogen) atoms. The number of allylic oxidation sites excluding steroid dienone is 3. The van der Waals surface area contributed by atoms with E-state index in [1.807, 2.05) is 6.07 Å². The van der Waals surface area contributed by atoms with Crippen molar-refractivity contribution in [2.24, 2.45) is 0 Å². The van der Waals surface area contributed by atoms with Crippen LogP contribution in [-0.2, 0) is 13.0 Å². The zero-order chi connectivity index (χ0) is 17.5. The first-order valence-corrected chi connectivity index (χ1v) is 8.80. The predicted octanol–water partition coefficient (Wildman–Crippen LogP) is 3.28. The van der Waals surface area contributed by atoms with E-state index in [0.29, 0.717) is 5.56 Å². The molecule has 0 saturated heterocycles. The van der Waals surface area contributed by atoms with Gasteiger partial charge in [-0.25, -0.2) is 4.98 Å². The second kappa shape index (κ2) is 5.85. The van der Waals surface area contributed by atoms with Crippen molar-refractivity contribution in [2.75, 3.05) is 13.1 Å². The number of imidazole rings is 1. The fourth-order valence-corrected chi connectivity index (χ4v) is 3.68. The molecule has 0 unspecified atom stereocenters. The van der Waals surface area contributed by atoms with Crippen LogP contribution in [0.2, 0.25) is 0 Å². The monoisotopic (exact) mass is 339 g/mol. The molecule has 0 atom stereocenters. The van der Waals surface area contributed by atoms with Crippen LogP contribution in [-0.4, -0.2) is 32.5 Å². The summed E-state index contributed by atoms with van der Waals surface area (Å²) in [6.07, 6.45) is 10.7. The molecule has 0 bridgehead atoms. The van der Waals surface area contributed by atoms with Gasteiger partial charge in [-0.1, -0.05) is 12.1 Å². The van der Waals surface area contributed by atoms with E-state index in [4.69, 9.17) is 10.2 Å². The Kier molecular flexibility index (Phi) is 3.36. The zero-order valence-corrected chi connectivity index (χ0v) is 14.3. The van der Waals surface area contributed by atoms with E-state index in [9.17, 15) is 0 Å². The topological polar surface area (TPSA) is 57.7 Å². The number of nitrogens with zero attached hydrogens (tertiary/aromatic N) is 5. The minimum absolute atomic E-state index is 0.572. The van der Waals surface area contributed by atoms with Crippen LogP contribution in [0.1, 0.15) is 11.4 Å². The van der Waals surface area contributed by atoms with Gasteiger partial charge in [0.1, 0.15) is 11.9 Å². The highest BCUT2D eigenvalue weighted by Gasteiger charge is 2.19. The van der Waals surface area contributed by atoms with Gasteiger partial charge in [0.15, 0.2) is 0 Å². The summed E-state index contributed by atoms with van der Waals surface area (Å²) in [5.41, 5.74) is 6.07. The van der Waals surface area contributed by atoms with Gasteiger partial charge >= 0.3 is 0 Å². The Morgan fingerprint density at radius 2 is 1.96 bits per heavy atom. The number of benzene rings is 1. The minimum Gasteiger partial charge on any atom is -0.369 e. The van der Waals surface area contributed by atoms with Crippen LogP contribution in [0.25, 0.3) is 22.2 Å². The van der Waals surface area contributed by atoms with E-state index in [1.54, 1.807) is 12.4 Å². The molecule has 0 N–H and O–H groups in total. The van der Waals surface area contributed by atoms with E-state index >= 15 is 0 Å². The zero-order valence-electron chi connectivity index (χ0n) is 14.3. The molecule has 1 aromatic carbocycles. The van der Waals surface area contributed by atoms with E-state index in [2.05, 4.69) is 56.9 Å². The molecule has 0 saturated carbocycles. The van der Waals surface area contributed by atoms with Gasteiger partial charge in [-0.05, 0) is 35.9 Å². The molecule has 0 radical (unpaired) electrons. The number of hydrogen-bond donors (Lipinski definition) is 0. The maximum absolute atomic E-state index is 9.08. The van der Waals surface area contributed by atoms with Crippen molar-refractivity contribution in [3.63, 3.8) is 0 Å². The SMILES string of the molecule is N#Cc1cncc(-c2ccc3c(c2)nc2n3CCN(C3=CC=C3)CC2)c1. The molecule has 3 heterocycles. The molecular formula is C21H17N5. The first-order chi connectivity index (χ1) is 12.8. The Bertz CT molecular complexity index is 1110. The lowest BCUT2D eigenvalue weighted by molar-refractivity contribution is 0.359. The van der Waals surface area contributed by atoms with Crippen molar-refractivity contribution in [3.8, 4) is 17.2 Å². The lowest BCUT2D eigenvalue weighted by Gasteiger charge is -2.25. The first kappa shape index (κ1) is 14.9. The highest BCUT2D eigenvalue weighted by atomic mass is 15.2. The maximum Gasteiger partial charge on any atom is 0.111 e. The molecule has 0 spiro atoms.